The molecule has 1 N–H and O–H groups in total. The predicted molar refractivity (Wildman–Crippen MR) is 60.0 cm³/mol. The van der Waals surface area contributed by atoms with Gasteiger partial charge in [0.2, 0.25) is 0 Å². The highest BCUT2D eigenvalue weighted by molar-refractivity contribution is 5.31. The highest BCUT2D eigenvalue weighted by Crippen LogP contribution is 2.31. The molecule has 0 saturated carbocycles. The Morgan fingerprint density at radius 2 is 2.00 bits per heavy atom. The largest absolute Gasteiger partial charge is 0.497 e. The number of rotatable bonds is 5. The van der Waals surface area contributed by atoms with Crippen LogP contribution in [-0.4, -0.2) is 19.8 Å². The second kappa shape index (κ2) is 6.04. The van der Waals surface area contributed by atoms with E-state index in [1.807, 2.05) is 0 Å². The van der Waals surface area contributed by atoms with E-state index in [1.54, 1.807) is 6.92 Å². The third-order valence-electron chi connectivity index (χ3n) is 2.47. The van der Waals surface area contributed by atoms with E-state index in [0.717, 1.165) is 6.07 Å². The number of ether oxygens (including phenoxy) is 1. The standard InChI is InChI=1S/C12H15F4NO/c1-3-17-11(7-12(14,15)16)9-5-4-8(18-2)6-10(9)13/h4-6,11,17H,3,7H2,1-2H3. The average Bonchev–Trinajstić information content (AvgIpc) is 2.26. The predicted octanol–water partition coefficient (Wildman–Crippen LogP) is 3.44. The molecule has 0 saturated heterocycles. The fraction of sp³-hybridized carbons (Fsp3) is 0.500. The van der Waals surface area contributed by atoms with Gasteiger partial charge in [-0.05, 0) is 12.6 Å². The topological polar surface area (TPSA) is 21.3 Å². The molecule has 1 unspecified atom stereocenters. The van der Waals surface area contributed by atoms with Gasteiger partial charge < -0.3 is 10.1 Å². The van der Waals surface area contributed by atoms with Crippen LogP contribution in [0.15, 0.2) is 18.2 Å². The van der Waals surface area contributed by atoms with Crippen molar-refractivity contribution in [1.29, 1.82) is 0 Å². The molecule has 0 aliphatic heterocycles. The second-order valence-corrected chi connectivity index (χ2v) is 3.82. The lowest BCUT2D eigenvalue weighted by molar-refractivity contribution is -0.140. The Bertz CT molecular complexity index is 392. The molecule has 1 aromatic rings. The first-order chi connectivity index (χ1) is 8.37. The molecule has 102 valence electrons. The Hall–Kier alpha value is -1.30. The fourth-order valence-electron chi connectivity index (χ4n) is 1.69. The minimum Gasteiger partial charge on any atom is -0.497 e. The van der Waals surface area contributed by atoms with Crippen LogP contribution in [0.5, 0.6) is 5.75 Å². The van der Waals surface area contributed by atoms with Crippen molar-refractivity contribution in [3.05, 3.63) is 29.6 Å². The smallest absolute Gasteiger partial charge is 0.390 e. The summed E-state index contributed by atoms with van der Waals surface area (Å²) in [5.74, 6) is -0.428. The van der Waals surface area contributed by atoms with Crippen LogP contribution in [0.4, 0.5) is 17.6 Å². The van der Waals surface area contributed by atoms with Crippen molar-refractivity contribution >= 4 is 0 Å². The van der Waals surface area contributed by atoms with Gasteiger partial charge in [0.05, 0.1) is 13.5 Å². The molecule has 1 aromatic carbocycles. The quantitative estimate of drug-likeness (QED) is 0.823. The molecule has 0 amide bonds. The van der Waals surface area contributed by atoms with E-state index >= 15 is 0 Å². The van der Waals surface area contributed by atoms with E-state index in [2.05, 4.69) is 5.32 Å². The van der Waals surface area contributed by atoms with Crippen molar-refractivity contribution in [2.45, 2.75) is 25.6 Å². The van der Waals surface area contributed by atoms with Crippen LogP contribution in [0.2, 0.25) is 0 Å². The normalized spacial score (nSPS) is 13.4. The summed E-state index contributed by atoms with van der Waals surface area (Å²) in [4.78, 5) is 0. The number of hydrogen-bond donors (Lipinski definition) is 1. The van der Waals surface area contributed by atoms with Crippen molar-refractivity contribution in [2.24, 2.45) is 0 Å². The Labute approximate surface area is 103 Å². The van der Waals surface area contributed by atoms with E-state index in [4.69, 9.17) is 4.74 Å². The first-order valence-electron chi connectivity index (χ1n) is 5.51. The lowest BCUT2D eigenvalue weighted by atomic mass is 10.0. The van der Waals surface area contributed by atoms with Gasteiger partial charge in [-0.15, -0.1) is 0 Å². The summed E-state index contributed by atoms with van der Waals surface area (Å²) in [5.41, 5.74) is -0.00465. The zero-order chi connectivity index (χ0) is 13.8. The zero-order valence-corrected chi connectivity index (χ0v) is 10.1. The van der Waals surface area contributed by atoms with Gasteiger partial charge in [-0.2, -0.15) is 13.2 Å². The molecule has 0 heterocycles. The van der Waals surface area contributed by atoms with Crippen LogP contribution < -0.4 is 10.1 Å². The average molecular weight is 265 g/mol. The van der Waals surface area contributed by atoms with Crippen molar-refractivity contribution in [2.75, 3.05) is 13.7 Å². The number of hydrogen-bond acceptors (Lipinski definition) is 2. The summed E-state index contributed by atoms with van der Waals surface area (Å²) in [7, 11) is 1.37. The number of benzene rings is 1. The van der Waals surface area contributed by atoms with Crippen LogP contribution in [-0.2, 0) is 0 Å². The summed E-state index contributed by atoms with van der Waals surface area (Å²) < 4.78 is 55.7. The molecule has 2 nitrogen and oxygen atoms in total. The molecule has 0 fully saturated rings. The van der Waals surface area contributed by atoms with E-state index < -0.39 is 24.5 Å². The lowest BCUT2D eigenvalue weighted by Crippen LogP contribution is -2.27. The van der Waals surface area contributed by atoms with Gasteiger partial charge in [0.1, 0.15) is 11.6 Å². The molecule has 1 atom stereocenters. The van der Waals surface area contributed by atoms with Gasteiger partial charge in [-0.25, -0.2) is 4.39 Å². The fourth-order valence-corrected chi connectivity index (χ4v) is 1.69. The number of nitrogens with one attached hydrogen (secondary N) is 1. The van der Waals surface area contributed by atoms with Crippen molar-refractivity contribution in [1.82, 2.24) is 5.32 Å². The van der Waals surface area contributed by atoms with Crippen LogP contribution in [0.3, 0.4) is 0 Å². The Balaban J connectivity index is 2.98. The van der Waals surface area contributed by atoms with E-state index in [1.165, 1.54) is 19.2 Å². The van der Waals surface area contributed by atoms with Gasteiger partial charge in [0.25, 0.3) is 0 Å². The molecule has 18 heavy (non-hydrogen) atoms. The molecular weight excluding hydrogens is 250 g/mol. The number of alkyl halides is 3. The maximum Gasteiger partial charge on any atom is 0.390 e. The van der Waals surface area contributed by atoms with E-state index in [-0.39, 0.29) is 11.3 Å². The van der Waals surface area contributed by atoms with Gasteiger partial charge >= 0.3 is 6.18 Å². The lowest BCUT2D eigenvalue weighted by Gasteiger charge is -2.20. The third kappa shape index (κ3) is 4.18. The molecular formula is C12H15F4NO. The summed E-state index contributed by atoms with van der Waals surface area (Å²) >= 11 is 0. The van der Waals surface area contributed by atoms with Crippen LogP contribution in [0, 0.1) is 5.82 Å². The van der Waals surface area contributed by atoms with Crippen LogP contribution in [0.1, 0.15) is 24.9 Å². The zero-order valence-electron chi connectivity index (χ0n) is 10.1. The van der Waals surface area contributed by atoms with E-state index in [9.17, 15) is 17.6 Å². The summed E-state index contributed by atoms with van der Waals surface area (Å²) in [6.07, 6.45) is -5.46. The molecule has 0 radical (unpaired) electrons. The molecule has 1 rings (SSSR count). The molecule has 6 heteroatoms. The van der Waals surface area contributed by atoms with Gasteiger partial charge in [-0.3, -0.25) is 0 Å². The summed E-state index contributed by atoms with van der Waals surface area (Å²) in [5, 5.41) is 2.63. The van der Waals surface area contributed by atoms with Crippen LogP contribution >= 0.6 is 0 Å². The molecule has 0 bridgehead atoms. The third-order valence-corrected chi connectivity index (χ3v) is 2.47. The van der Waals surface area contributed by atoms with Crippen molar-refractivity contribution in [3.63, 3.8) is 0 Å². The monoisotopic (exact) mass is 265 g/mol. The maximum absolute atomic E-state index is 13.7. The maximum atomic E-state index is 13.7. The SMILES string of the molecule is CCNC(CC(F)(F)F)c1ccc(OC)cc1F. The first kappa shape index (κ1) is 14.8. The first-order valence-corrected chi connectivity index (χ1v) is 5.51. The highest BCUT2D eigenvalue weighted by Gasteiger charge is 2.33. The van der Waals surface area contributed by atoms with Gasteiger partial charge in [-0.1, -0.05) is 13.0 Å². The second-order valence-electron chi connectivity index (χ2n) is 3.82. The molecule has 0 aliphatic rings. The van der Waals surface area contributed by atoms with Crippen LogP contribution in [0.25, 0.3) is 0 Å². The highest BCUT2D eigenvalue weighted by atomic mass is 19.4. The molecule has 0 aromatic heterocycles. The number of methoxy groups -OCH3 is 1. The number of halogens is 4. The summed E-state index contributed by atoms with van der Waals surface area (Å²) in [6, 6.07) is 2.75. The van der Waals surface area contributed by atoms with Crippen molar-refractivity contribution < 1.29 is 22.3 Å². The Kier molecular flexibility index (Phi) is 4.95. The minimum atomic E-state index is -4.35. The van der Waals surface area contributed by atoms with Crippen molar-refractivity contribution in [3.8, 4) is 5.75 Å². The molecule has 0 spiro atoms. The van der Waals surface area contributed by atoms with E-state index in [0.29, 0.717) is 6.54 Å². The van der Waals surface area contributed by atoms with Gasteiger partial charge in [0, 0.05) is 17.7 Å². The summed E-state index contributed by atoms with van der Waals surface area (Å²) in [6.45, 7) is 2.00. The minimum absolute atomic E-state index is 0.00465. The molecule has 0 aliphatic carbocycles. The Morgan fingerprint density at radius 3 is 2.44 bits per heavy atom. The van der Waals surface area contributed by atoms with Gasteiger partial charge in [0.15, 0.2) is 0 Å². The Morgan fingerprint density at radius 1 is 1.33 bits per heavy atom.